The number of rotatable bonds is 9. The Morgan fingerprint density at radius 2 is 1.62 bits per heavy atom. The van der Waals surface area contributed by atoms with Crippen LogP contribution in [0.2, 0.25) is 0 Å². The Morgan fingerprint density at radius 3 is 2.25 bits per heavy atom. The first-order valence-corrected chi connectivity index (χ1v) is 13.3. The monoisotopic (exact) mass is 473 g/mol. The lowest BCUT2D eigenvalue weighted by molar-refractivity contribution is -0.116. The predicted molar refractivity (Wildman–Crippen MR) is 132 cm³/mol. The van der Waals surface area contributed by atoms with Crippen molar-refractivity contribution in [2.24, 2.45) is 0 Å². The summed E-state index contributed by atoms with van der Waals surface area (Å²) >= 11 is 1.43. The summed E-state index contributed by atoms with van der Waals surface area (Å²) in [5, 5.41) is 0.546. The molecule has 0 fully saturated rings. The van der Waals surface area contributed by atoms with Crippen LogP contribution in [-0.2, 0) is 14.6 Å². The van der Waals surface area contributed by atoms with Crippen LogP contribution in [0.15, 0.2) is 41.3 Å². The van der Waals surface area contributed by atoms with Gasteiger partial charge in [0.25, 0.3) is 0 Å². The highest BCUT2D eigenvalue weighted by Gasteiger charge is 2.27. The van der Waals surface area contributed by atoms with Crippen molar-refractivity contribution in [1.29, 1.82) is 0 Å². The molecule has 0 N–H and O–H groups in total. The van der Waals surface area contributed by atoms with Gasteiger partial charge in [0, 0.05) is 13.1 Å². The zero-order valence-corrected chi connectivity index (χ0v) is 21.0. The molecule has 1 amide bonds. The molecule has 0 spiro atoms. The number of sulfone groups is 1. The fourth-order valence-corrected chi connectivity index (χ4v) is 6.04. The lowest BCUT2D eigenvalue weighted by Crippen LogP contribution is -2.41. The Labute approximate surface area is 194 Å². The Balaban J connectivity index is 1.94. The number of aromatic nitrogens is 1. The van der Waals surface area contributed by atoms with Gasteiger partial charge < -0.3 is 4.90 Å². The number of nitrogens with zero attached hydrogens (tertiary/aromatic N) is 3. The molecule has 0 saturated heterocycles. The maximum atomic E-state index is 13.3. The second kappa shape index (κ2) is 10.1. The molecule has 3 aromatic rings. The number of likely N-dealkylation sites (N-methyl/N-ethyl adjacent to an activating group) is 1. The molecular formula is C24H31N3O3S2. The topological polar surface area (TPSA) is 70.6 Å². The van der Waals surface area contributed by atoms with Gasteiger partial charge in [0.1, 0.15) is 5.75 Å². The minimum atomic E-state index is -3.75. The molecular weight excluding hydrogens is 442 g/mol. The average Bonchev–Trinajstić information content (AvgIpc) is 3.15. The molecule has 0 aliphatic heterocycles. The van der Waals surface area contributed by atoms with E-state index in [9.17, 15) is 13.2 Å². The van der Waals surface area contributed by atoms with E-state index >= 15 is 0 Å². The van der Waals surface area contributed by atoms with Gasteiger partial charge in [-0.3, -0.25) is 9.69 Å². The summed E-state index contributed by atoms with van der Waals surface area (Å²) in [6.07, 6.45) is 0. The van der Waals surface area contributed by atoms with E-state index in [4.69, 9.17) is 4.98 Å². The molecule has 0 radical (unpaired) electrons. The molecule has 1 aromatic heterocycles. The van der Waals surface area contributed by atoms with E-state index in [1.165, 1.54) is 11.3 Å². The number of fused-ring (bicyclic) bond motifs is 1. The van der Waals surface area contributed by atoms with Crippen molar-refractivity contribution in [3.05, 3.63) is 53.1 Å². The molecule has 0 atom stereocenters. The van der Waals surface area contributed by atoms with Crippen LogP contribution in [-0.4, -0.2) is 56.1 Å². The van der Waals surface area contributed by atoms with Gasteiger partial charge in [0.05, 0.1) is 15.1 Å². The fraction of sp³-hybridized carbons (Fsp3) is 0.417. The van der Waals surface area contributed by atoms with Crippen LogP contribution >= 0.6 is 11.3 Å². The molecule has 0 saturated carbocycles. The summed E-state index contributed by atoms with van der Waals surface area (Å²) in [5.74, 6) is -1.03. The summed E-state index contributed by atoms with van der Waals surface area (Å²) in [7, 11) is -3.75. The third kappa shape index (κ3) is 5.54. The normalized spacial score (nSPS) is 11.9. The van der Waals surface area contributed by atoms with Gasteiger partial charge in [0.15, 0.2) is 15.0 Å². The number of carbonyl (C=O) groups is 1. The number of carbonyl (C=O) groups excluding carboxylic acids is 1. The van der Waals surface area contributed by atoms with Crippen LogP contribution in [0.5, 0.6) is 0 Å². The number of amides is 1. The Kier molecular flexibility index (Phi) is 7.69. The summed E-state index contributed by atoms with van der Waals surface area (Å²) < 4.78 is 26.9. The number of aryl methyl sites for hydroxylation is 3. The zero-order valence-electron chi connectivity index (χ0n) is 19.4. The van der Waals surface area contributed by atoms with Crippen molar-refractivity contribution in [1.82, 2.24) is 9.88 Å². The summed E-state index contributed by atoms with van der Waals surface area (Å²) in [4.78, 5) is 22.0. The maximum absolute atomic E-state index is 13.3. The molecule has 0 aliphatic carbocycles. The molecule has 32 heavy (non-hydrogen) atoms. The molecule has 1 heterocycles. The zero-order chi connectivity index (χ0) is 23.5. The maximum Gasteiger partial charge on any atom is 0.244 e. The number of thiazole rings is 1. The van der Waals surface area contributed by atoms with Crippen LogP contribution < -0.4 is 4.90 Å². The van der Waals surface area contributed by atoms with Crippen molar-refractivity contribution in [3.8, 4) is 0 Å². The predicted octanol–water partition coefficient (Wildman–Crippen LogP) is 4.37. The fourth-order valence-electron chi connectivity index (χ4n) is 3.65. The van der Waals surface area contributed by atoms with Gasteiger partial charge in [-0.2, -0.15) is 0 Å². The van der Waals surface area contributed by atoms with Crippen molar-refractivity contribution in [2.75, 3.05) is 36.8 Å². The average molecular weight is 474 g/mol. The lowest BCUT2D eigenvalue weighted by Gasteiger charge is -2.24. The minimum Gasteiger partial charge on any atom is -0.302 e. The first-order chi connectivity index (χ1) is 15.1. The van der Waals surface area contributed by atoms with Crippen LogP contribution in [0.4, 0.5) is 5.13 Å². The SMILES string of the molecule is CCN(CC)CCN(C(=O)CS(=O)(=O)c1ccc(C)cc1)c1nc2c(C)cc(C)cc2s1. The van der Waals surface area contributed by atoms with Crippen molar-refractivity contribution in [2.45, 2.75) is 39.5 Å². The van der Waals surface area contributed by atoms with Crippen molar-refractivity contribution < 1.29 is 13.2 Å². The number of anilines is 1. The molecule has 172 valence electrons. The first-order valence-electron chi connectivity index (χ1n) is 10.8. The van der Waals surface area contributed by atoms with E-state index < -0.39 is 21.5 Å². The molecule has 2 aromatic carbocycles. The summed E-state index contributed by atoms with van der Waals surface area (Å²) in [6, 6.07) is 10.7. The second-order valence-corrected chi connectivity index (χ2v) is 11.1. The van der Waals surface area contributed by atoms with Crippen molar-refractivity contribution in [3.63, 3.8) is 0 Å². The Bertz CT molecular complexity index is 1200. The van der Waals surface area contributed by atoms with E-state index in [0.717, 1.165) is 40.0 Å². The third-order valence-electron chi connectivity index (χ3n) is 5.58. The molecule has 8 heteroatoms. The van der Waals surface area contributed by atoms with Crippen molar-refractivity contribution >= 4 is 42.4 Å². The van der Waals surface area contributed by atoms with Crippen LogP contribution in [0, 0.1) is 20.8 Å². The van der Waals surface area contributed by atoms with Gasteiger partial charge >= 0.3 is 0 Å². The summed E-state index contributed by atoms with van der Waals surface area (Å²) in [5.41, 5.74) is 4.01. The first kappa shape index (κ1) is 24.4. The third-order valence-corrected chi connectivity index (χ3v) is 8.22. The highest BCUT2D eigenvalue weighted by molar-refractivity contribution is 7.92. The smallest absolute Gasteiger partial charge is 0.244 e. The van der Waals surface area contributed by atoms with Gasteiger partial charge in [-0.15, -0.1) is 0 Å². The molecule has 3 rings (SSSR count). The highest BCUT2D eigenvalue weighted by atomic mass is 32.2. The van der Waals surface area contributed by atoms with E-state index in [1.54, 1.807) is 29.2 Å². The van der Waals surface area contributed by atoms with E-state index in [1.807, 2.05) is 20.8 Å². The number of benzene rings is 2. The molecule has 0 aliphatic rings. The van der Waals surface area contributed by atoms with Crippen LogP contribution in [0.25, 0.3) is 10.2 Å². The summed E-state index contributed by atoms with van der Waals surface area (Å²) in [6.45, 7) is 12.8. The molecule has 6 nitrogen and oxygen atoms in total. The Morgan fingerprint density at radius 1 is 0.969 bits per heavy atom. The minimum absolute atomic E-state index is 0.163. The van der Waals surface area contributed by atoms with E-state index in [2.05, 4.69) is 30.9 Å². The lowest BCUT2D eigenvalue weighted by atomic mass is 10.1. The second-order valence-electron chi connectivity index (χ2n) is 8.07. The van der Waals surface area contributed by atoms with Gasteiger partial charge in [-0.25, -0.2) is 13.4 Å². The highest BCUT2D eigenvalue weighted by Crippen LogP contribution is 2.32. The number of hydrogen-bond acceptors (Lipinski definition) is 6. The molecule has 0 bridgehead atoms. The van der Waals surface area contributed by atoms with Crippen LogP contribution in [0.1, 0.15) is 30.5 Å². The van der Waals surface area contributed by atoms with Gasteiger partial charge in [-0.05, 0) is 63.2 Å². The Hall–Kier alpha value is -2.29. The van der Waals surface area contributed by atoms with Gasteiger partial charge in [-0.1, -0.05) is 48.9 Å². The van der Waals surface area contributed by atoms with E-state index in [-0.39, 0.29) is 4.90 Å². The standard InChI is InChI=1S/C24H31N3O3S2/c1-6-26(7-2)12-13-27(24-25-23-19(5)14-18(4)15-21(23)31-24)22(28)16-32(29,30)20-10-8-17(3)9-11-20/h8-11,14-15H,6-7,12-13,16H2,1-5H3. The van der Waals surface area contributed by atoms with Gasteiger partial charge in [0.2, 0.25) is 5.91 Å². The molecule has 0 unspecified atom stereocenters. The number of hydrogen-bond donors (Lipinski definition) is 0. The quantitative estimate of drug-likeness (QED) is 0.462. The van der Waals surface area contributed by atoms with E-state index in [0.29, 0.717) is 18.2 Å². The largest absolute Gasteiger partial charge is 0.302 e. The van der Waals surface area contributed by atoms with Crippen LogP contribution in [0.3, 0.4) is 0 Å².